The Kier molecular flexibility index (Phi) is 7.64. The van der Waals surface area contributed by atoms with Crippen LogP contribution >= 0.6 is 0 Å². The second-order valence-electron chi connectivity index (χ2n) is 7.35. The fourth-order valence-corrected chi connectivity index (χ4v) is 3.53. The quantitative estimate of drug-likeness (QED) is 0.448. The first-order chi connectivity index (χ1) is 14.2. The molecule has 1 fully saturated rings. The highest BCUT2D eigenvalue weighted by Gasteiger charge is 2.19. The molecule has 154 valence electrons. The molecule has 29 heavy (non-hydrogen) atoms. The van der Waals surface area contributed by atoms with Crippen LogP contribution in [0, 0.1) is 6.92 Å². The number of aliphatic imine (C=N–C) groups is 1. The van der Waals surface area contributed by atoms with Gasteiger partial charge in [-0.15, -0.1) is 0 Å². The molecule has 2 aromatic rings. The summed E-state index contributed by atoms with van der Waals surface area (Å²) < 4.78 is 0. The Morgan fingerprint density at radius 1 is 0.966 bits per heavy atom. The van der Waals surface area contributed by atoms with E-state index in [0.717, 1.165) is 44.2 Å². The van der Waals surface area contributed by atoms with Crippen LogP contribution in [0.5, 0.6) is 0 Å². The summed E-state index contributed by atoms with van der Waals surface area (Å²) >= 11 is 0. The molecule has 6 heteroatoms. The van der Waals surface area contributed by atoms with Crippen LogP contribution in [-0.4, -0.2) is 68.0 Å². The number of amides is 1. The summed E-state index contributed by atoms with van der Waals surface area (Å²) in [4.78, 5) is 21.4. The predicted molar refractivity (Wildman–Crippen MR) is 118 cm³/mol. The van der Waals surface area contributed by atoms with Gasteiger partial charge in [-0.1, -0.05) is 48.0 Å². The molecule has 1 aliphatic rings. The third-order valence-electron chi connectivity index (χ3n) is 5.11. The zero-order valence-electron chi connectivity index (χ0n) is 17.4. The molecule has 0 atom stereocenters. The van der Waals surface area contributed by atoms with Gasteiger partial charge in [0, 0.05) is 58.4 Å². The minimum atomic E-state index is -0.0417. The van der Waals surface area contributed by atoms with Crippen molar-refractivity contribution in [2.45, 2.75) is 13.5 Å². The van der Waals surface area contributed by atoms with Crippen LogP contribution in [0.2, 0.25) is 0 Å². The zero-order valence-corrected chi connectivity index (χ0v) is 17.4. The number of nitrogens with zero attached hydrogens (tertiary/aromatic N) is 3. The zero-order chi connectivity index (χ0) is 20.5. The van der Waals surface area contributed by atoms with Gasteiger partial charge in [0.05, 0.1) is 0 Å². The topological polar surface area (TPSA) is 60.0 Å². The van der Waals surface area contributed by atoms with Gasteiger partial charge in [-0.3, -0.25) is 14.7 Å². The van der Waals surface area contributed by atoms with E-state index in [-0.39, 0.29) is 5.91 Å². The van der Waals surface area contributed by atoms with E-state index >= 15 is 0 Å². The molecular weight excluding hydrogens is 362 g/mol. The number of carbonyl (C=O) groups is 1. The Hall–Kier alpha value is -2.86. The van der Waals surface area contributed by atoms with Gasteiger partial charge in [0.2, 0.25) is 0 Å². The van der Waals surface area contributed by atoms with Gasteiger partial charge < -0.3 is 15.5 Å². The molecule has 3 rings (SSSR count). The molecule has 1 aliphatic heterocycles. The second kappa shape index (κ2) is 10.6. The van der Waals surface area contributed by atoms with Crippen molar-refractivity contribution in [2.24, 2.45) is 4.99 Å². The highest BCUT2D eigenvalue weighted by atomic mass is 16.1. The van der Waals surface area contributed by atoms with Crippen LogP contribution in [0.3, 0.4) is 0 Å². The Morgan fingerprint density at radius 2 is 1.69 bits per heavy atom. The Balaban J connectivity index is 1.38. The first-order valence-electron chi connectivity index (χ1n) is 10.2. The van der Waals surface area contributed by atoms with Crippen LogP contribution < -0.4 is 10.6 Å². The van der Waals surface area contributed by atoms with E-state index in [1.54, 1.807) is 0 Å². The normalized spacial score (nSPS) is 15.2. The highest BCUT2D eigenvalue weighted by molar-refractivity contribution is 5.94. The van der Waals surface area contributed by atoms with Crippen molar-refractivity contribution in [3.05, 3.63) is 71.3 Å². The predicted octanol–water partition coefficient (Wildman–Crippen LogP) is 2.12. The molecule has 0 spiro atoms. The van der Waals surface area contributed by atoms with Crippen LogP contribution in [0.1, 0.15) is 21.5 Å². The second-order valence-corrected chi connectivity index (χ2v) is 7.35. The number of nitrogens with one attached hydrogen (secondary N) is 2. The number of rotatable bonds is 6. The van der Waals surface area contributed by atoms with E-state index in [4.69, 9.17) is 0 Å². The molecule has 0 radical (unpaired) electrons. The molecule has 1 heterocycles. The fourth-order valence-electron chi connectivity index (χ4n) is 3.53. The summed E-state index contributed by atoms with van der Waals surface area (Å²) in [6.07, 6.45) is 0. The van der Waals surface area contributed by atoms with E-state index in [9.17, 15) is 4.79 Å². The summed E-state index contributed by atoms with van der Waals surface area (Å²) in [5, 5.41) is 6.32. The number of guanidine groups is 1. The van der Waals surface area contributed by atoms with Gasteiger partial charge in [-0.2, -0.15) is 0 Å². The van der Waals surface area contributed by atoms with E-state index in [0.29, 0.717) is 18.7 Å². The maximum absolute atomic E-state index is 12.2. The summed E-state index contributed by atoms with van der Waals surface area (Å²) in [6, 6.07) is 18.2. The van der Waals surface area contributed by atoms with E-state index in [2.05, 4.69) is 55.8 Å². The molecule has 2 aromatic carbocycles. The first kappa shape index (κ1) is 20.9. The van der Waals surface area contributed by atoms with Crippen molar-refractivity contribution in [1.82, 2.24) is 20.4 Å². The number of hydrogen-bond donors (Lipinski definition) is 2. The summed E-state index contributed by atoms with van der Waals surface area (Å²) in [5.41, 5.74) is 3.14. The molecule has 2 N–H and O–H groups in total. The van der Waals surface area contributed by atoms with Crippen LogP contribution in [-0.2, 0) is 6.54 Å². The number of aryl methyl sites for hydroxylation is 1. The van der Waals surface area contributed by atoms with Gasteiger partial charge in [-0.25, -0.2) is 0 Å². The molecule has 0 aromatic heterocycles. The van der Waals surface area contributed by atoms with Crippen molar-refractivity contribution in [1.29, 1.82) is 0 Å². The van der Waals surface area contributed by atoms with Crippen LogP contribution in [0.15, 0.2) is 59.6 Å². The number of carbonyl (C=O) groups excluding carboxylic acids is 1. The first-order valence-corrected chi connectivity index (χ1v) is 10.2. The lowest BCUT2D eigenvalue weighted by molar-refractivity contribution is 0.0954. The standard InChI is InChI=1S/C23H31N5O/c1-19-7-6-10-21(17-19)22(29)25-11-12-26-23(24-2)28-15-13-27(14-16-28)18-20-8-4-3-5-9-20/h3-10,17H,11-16,18H2,1-2H3,(H,24,26)(H,25,29). The third-order valence-corrected chi connectivity index (χ3v) is 5.11. The smallest absolute Gasteiger partial charge is 0.251 e. The Bertz CT molecular complexity index is 813. The summed E-state index contributed by atoms with van der Waals surface area (Å²) in [5.74, 6) is 0.856. The molecule has 0 unspecified atom stereocenters. The van der Waals surface area contributed by atoms with Crippen molar-refractivity contribution in [2.75, 3.05) is 46.3 Å². The van der Waals surface area contributed by atoms with Crippen molar-refractivity contribution in [3.8, 4) is 0 Å². The largest absolute Gasteiger partial charge is 0.354 e. The highest BCUT2D eigenvalue weighted by Crippen LogP contribution is 2.08. The average Bonchev–Trinajstić information content (AvgIpc) is 2.75. The number of hydrogen-bond acceptors (Lipinski definition) is 3. The van der Waals surface area contributed by atoms with Crippen LogP contribution in [0.25, 0.3) is 0 Å². The molecule has 0 aliphatic carbocycles. The lowest BCUT2D eigenvalue weighted by atomic mass is 10.1. The minimum absolute atomic E-state index is 0.0417. The van der Waals surface area contributed by atoms with Crippen molar-refractivity contribution < 1.29 is 4.79 Å². The van der Waals surface area contributed by atoms with E-state index in [1.807, 2.05) is 38.2 Å². The maximum atomic E-state index is 12.2. The van der Waals surface area contributed by atoms with Gasteiger partial charge in [0.15, 0.2) is 5.96 Å². The van der Waals surface area contributed by atoms with Crippen LogP contribution in [0.4, 0.5) is 0 Å². The van der Waals surface area contributed by atoms with Crippen molar-refractivity contribution >= 4 is 11.9 Å². The lowest BCUT2D eigenvalue weighted by Gasteiger charge is -2.36. The summed E-state index contributed by atoms with van der Waals surface area (Å²) in [7, 11) is 1.81. The average molecular weight is 394 g/mol. The molecule has 0 saturated carbocycles. The number of benzene rings is 2. The molecule has 1 saturated heterocycles. The van der Waals surface area contributed by atoms with Gasteiger partial charge in [0.1, 0.15) is 0 Å². The van der Waals surface area contributed by atoms with Gasteiger partial charge in [-0.05, 0) is 24.6 Å². The molecule has 0 bridgehead atoms. The molecular formula is C23H31N5O. The van der Waals surface area contributed by atoms with E-state index < -0.39 is 0 Å². The third kappa shape index (κ3) is 6.32. The van der Waals surface area contributed by atoms with Crippen molar-refractivity contribution in [3.63, 3.8) is 0 Å². The van der Waals surface area contributed by atoms with E-state index in [1.165, 1.54) is 5.56 Å². The fraction of sp³-hybridized carbons (Fsp3) is 0.391. The SMILES string of the molecule is CN=C(NCCNC(=O)c1cccc(C)c1)N1CCN(Cc2ccccc2)CC1. The minimum Gasteiger partial charge on any atom is -0.354 e. The van der Waals surface area contributed by atoms with Gasteiger partial charge in [0.25, 0.3) is 5.91 Å². The monoisotopic (exact) mass is 393 g/mol. The molecule has 1 amide bonds. The Morgan fingerprint density at radius 3 is 2.38 bits per heavy atom. The molecule has 6 nitrogen and oxygen atoms in total. The van der Waals surface area contributed by atoms with Gasteiger partial charge >= 0.3 is 0 Å². The number of piperazine rings is 1. The maximum Gasteiger partial charge on any atom is 0.251 e. The summed E-state index contributed by atoms with van der Waals surface area (Å²) in [6.45, 7) is 8.10. The lowest BCUT2D eigenvalue weighted by Crippen LogP contribution is -2.52. The Labute approximate surface area is 173 Å².